The summed E-state index contributed by atoms with van der Waals surface area (Å²) >= 11 is 0. The summed E-state index contributed by atoms with van der Waals surface area (Å²) in [6, 6.07) is 0. The summed E-state index contributed by atoms with van der Waals surface area (Å²) in [6.45, 7) is 2.35. The number of hydrogen-bond donors (Lipinski definition) is 1. The van der Waals surface area contributed by atoms with E-state index in [2.05, 4.69) is 5.32 Å². The molecule has 0 aromatic heterocycles. The lowest BCUT2D eigenvalue weighted by Crippen LogP contribution is -2.45. The van der Waals surface area contributed by atoms with Crippen LogP contribution in [-0.2, 0) is 9.59 Å². The molecule has 1 atom stereocenters. The fourth-order valence-corrected chi connectivity index (χ4v) is 3.86. The summed E-state index contributed by atoms with van der Waals surface area (Å²) in [7, 11) is 0. The first-order valence-electron chi connectivity index (χ1n) is 7.24. The van der Waals surface area contributed by atoms with Gasteiger partial charge in [-0.3, -0.25) is 9.59 Å². The van der Waals surface area contributed by atoms with Crippen LogP contribution in [0, 0.1) is 11.3 Å². The van der Waals surface area contributed by atoms with Gasteiger partial charge >= 0.3 is 0 Å². The number of nitrogens with one attached hydrogen (secondary N) is 1. The molecular formula is C14H22N2O2. The normalized spacial score (nSPS) is 30.8. The number of piperidine rings is 1. The fraction of sp³-hybridized carbons (Fsp3) is 0.857. The first kappa shape index (κ1) is 12.0. The molecule has 3 rings (SSSR count). The first-order valence-corrected chi connectivity index (χ1v) is 7.24. The highest BCUT2D eigenvalue weighted by molar-refractivity contribution is 5.89. The molecule has 0 aromatic carbocycles. The van der Waals surface area contributed by atoms with Crippen molar-refractivity contribution in [3.8, 4) is 0 Å². The minimum Gasteiger partial charge on any atom is -0.355 e. The summed E-state index contributed by atoms with van der Waals surface area (Å²) < 4.78 is 0. The van der Waals surface area contributed by atoms with E-state index in [1.54, 1.807) is 0 Å². The second-order valence-electron chi connectivity index (χ2n) is 6.24. The van der Waals surface area contributed by atoms with Crippen molar-refractivity contribution in [2.75, 3.05) is 19.6 Å². The van der Waals surface area contributed by atoms with E-state index < -0.39 is 0 Å². The Balaban J connectivity index is 1.56. The summed E-state index contributed by atoms with van der Waals surface area (Å²) in [4.78, 5) is 25.4. The molecule has 4 nitrogen and oxygen atoms in total. The molecule has 100 valence electrons. The highest BCUT2D eigenvalue weighted by Gasteiger charge is 2.40. The lowest BCUT2D eigenvalue weighted by Gasteiger charge is -2.40. The third-order valence-corrected chi connectivity index (χ3v) is 5.13. The predicted octanol–water partition coefficient (Wildman–Crippen LogP) is 1.31. The molecule has 0 aromatic rings. The van der Waals surface area contributed by atoms with Gasteiger partial charge in [0.1, 0.15) is 0 Å². The van der Waals surface area contributed by atoms with E-state index in [1.807, 2.05) is 4.90 Å². The largest absolute Gasteiger partial charge is 0.355 e. The van der Waals surface area contributed by atoms with Gasteiger partial charge in [-0.1, -0.05) is 12.8 Å². The van der Waals surface area contributed by atoms with Crippen LogP contribution in [0.5, 0.6) is 0 Å². The Hall–Kier alpha value is -1.06. The Morgan fingerprint density at radius 3 is 2.39 bits per heavy atom. The molecule has 2 heterocycles. The number of nitrogens with zero attached hydrogens (tertiary/aromatic N) is 1. The molecule has 0 radical (unpaired) electrons. The summed E-state index contributed by atoms with van der Waals surface area (Å²) in [5.74, 6) is 0.119. The monoisotopic (exact) mass is 250 g/mol. The van der Waals surface area contributed by atoms with E-state index in [0.717, 1.165) is 13.1 Å². The molecule has 1 saturated carbocycles. The molecule has 4 heteroatoms. The van der Waals surface area contributed by atoms with E-state index >= 15 is 0 Å². The number of amides is 2. The van der Waals surface area contributed by atoms with E-state index in [-0.39, 0.29) is 17.7 Å². The summed E-state index contributed by atoms with van der Waals surface area (Å²) in [5.41, 5.74) is 0.556. The molecule has 1 spiro atoms. The van der Waals surface area contributed by atoms with Crippen molar-refractivity contribution in [3.05, 3.63) is 0 Å². The van der Waals surface area contributed by atoms with Crippen LogP contribution in [0.2, 0.25) is 0 Å². The van der Waals surface area contributed by atoms with Crippen LogP contribution in [0.1, 0.15) is 44.9 Å². The molecule has 1 aliphatic carbocycles. The van der Waals surface area contributed by atoms with Gasteiger partial charge in [0.2, 0.25) is 11.8 Å². The average Bonchev–Trinajstić information content (AvgIpc) is 3.00. The number of hydrogen-bond acceptors (Lipinski definition) is 2. The highest BCUT2D eigenvalue weighted by atomic mass is 16.2. The van der Waals surface area contributed by atoms with E-state index in [0.29, 0.717) is 18.4 Å². The third-order valence-electron chi connectivity index (χ3n) is 5.13. The van der Waals surface area contributed by atoms with Gasteiger partial charge in [-0.15, -0.1) is 0 Å². The number of carbonyl (C=O) groups excluding carboxylic acids is 2. The zero-order valence-electron chi connectivity index (χ0n) is 10.9. The molecule has 18 heavy (non-hydrogen) atoms. The van der Waals surface area contributed by atoms with Crippen molar-refractivity contribution >= 4 is 11.8 Å². The van der Waals surface area contributed by atoms with Crippen molar-refractivity contribution < 1.29 is 9.59 Å². The van der Waals surface area contributed by atoms with Crippen LogP contribution in [0.3, 0.4) is 0 Å². The molecule has 2 aliphatic heterocycles. The van der Waals surface area contributed by atoms with Gasteiger partial charge in [0.05, 0.1) is 5.92 Å². The number of carbonyl (C=O) groups is 2. The zero-order chi connectivity index (χ0) is 12.6. The van der Waals surface area contributed by atoms with Crippen molar-refractivity contribution in [1.82, 2.24) is 10.2 Å². The Morgan fingerprint density at radius 2 is 1.83 bits per heavy atom. The molecule has 3 fully saturated rings. The van der Waals surface area contributed by atoms with Crippen molar-refractivity contribution in [1.29, 1.82) is 0 Å². The maximum atomic E-state index is 12.3. The molecular weight excluding hydrogens is 228 g/mol. The SMILES string of the molecule is O=C1CC(C(=O)N2CCC3(CCCC3)CC2)CN1. The molecule has 1 unspecified atom stereocenters. The predicted molar refractivity (Wildman–Crippen MR) is 67.8 cm³/mol. The van der Waals surface area contributed by atoms with Crippen LogP contribution in [0.25, 0.3) is 0 Å². The minimum atomic E-state index is -0.102. The van der Waals surface area contributed by atoms with Gasteiger partial charge in [0.15, 0.2) is 0 Å². The summed E-state index contributed by atoms with van der Waals surface area (Å²) in [5, 5.41) is 2.75. The van der Waals surface area contributed by atoms with Crippen molar-refractivity contribution in [2.24, 2.45) is 11.3 Å². The molecule has 3 aliphatic rings. The summed E-state index contributed by atoms with van der Waals surface area (Å²) in [6.07, 6.45) is 8.20. The standard InChI is InChI=1S/C14H22N2O2/c17-12-9-11(10-15-12)13(18)16-7-5-14(6-8-16)3-1-2-4-14/h11H,1-10H2,(H,15,17). The second-order valence-corrected chi connectivity index (χ2v) is 6.24. The Kier molecular flexibility index (Phi) is 3.04. The molecule has 0 bridgehead atoms. The van der Waals surface area contributed by atoms with Gasteiger partial charge in [0, 0.05) is 26.1 Å². The lowest BCUT2D eigenvalue weighted by atomic mass is 9.77. The molecule has 2 amide bonds. The van der Waals surface area contributed by atoms with Crippen molar-refractivity contribution in [3.63, 3.8) is 0 Å². The third kappa shape index (κ3) is 2.13. The Morgan fingerprint density at radius 1 is 1.17 bits per heavy atom. The van der Waals surface area contributed by atoms with Gasteiger partial charge in [0.25, 0.3) is 0 Å². The van der Waals surface area contributed by atoms with Crippen LogP contribution in [0.15, 0.2) is 0 Å². The maximum Gasteiger partial charge on any atom is 0.227 e. The van der Waals surface area contributed by atoms with E-state index in [9.17, 15) is 9.59 Å². The molecule has 2 saturated heterocycles. The quantitative estimate of drug-likeness (QED) is 0.762. The second kappa shape index (κ2) is 4.56. The van der Waals surface area contributed by atoms with Gasteiger partial charge in [-0.2, -0.15) is 0 Å². The first-order chi connectivity index (χ1) is 8.69. The Bertz CT molecular complexity index is 351. The number of likely N-dealkylation sites (tertiary alicyclic amines) is 1. The smallest absolute Gasteiger partial charge is 0.227 e. The van der Waals surface area contributed by atoms with E-state index in [1.165, 1.54) is 38.5 Å². The van der Waals surface area contributed by atoms with Crippen molar-refractivity contribution in [2.45, 2.75) is 44.9 Å². The Labute approximate surface area is 108 Å². The van der Waals surface area contributed by atoms with Crippen LogP contribution in [-0.4, -0.2) is 36.3 Å². The van der Waals surface area contributed by atoms with Crippen LogP contribution >= 0.6 is 0 Å². The molecule has 1 N–H and O–H groups in total. The highest BCUT2D eigenvalue weighted by Crippen LogP contribution is 2.46. The average molecular weight is 250 g/mol. The zero-order valence-corrected chi connectivity index (χ0v) is 10.9. The van der Waals surface area contributed by atoms with Crippen LogP contribution < -0.4 is 5.32 Å². The van der Waals surface area contributed by atoms with E-state index in [4.69, 9.17) is 0 Å². The van der Waals surface area contributed by atoms with Gasteiger partial charge in [-0.25, -0.2) is 0 Å². The maximum absolute atomic E-state index is 12.3. The minimum absolute atomic E-state index is 0.0256. The van der Waals surface area contributed by atoms with Crippen LogP contribution in [0.4, 0.5) is 0 Å². The topological polar surface area (TPSA) is 49.4 Å². The van der Waals surface area contributed by atoms with Gasteiger partial charge in [-0.05, 0) is 31.1 Å². The van der Waals surface area contributed by atoms with Gasteiger partial charge < -0.3 is 10.2 Å². The fourth-order valence-electron chi connectivity index (χ4n) is 3.86. The lowest BCUT2D eigenvalue weighted by molar-refractivity contribution is -0.138. The number of rotatable bonds is 1.